The van der Waals surface area contributed by atoms with E-state index in [1.165, 1.54) is 0 Å². The summed E-state index contributed by atoms with van der Waals surface area (Å²) in [7, 11) is 0. The Bertz CT molecular complexity index is 1330. The minimum absolute atomic E-state index is 0.0577. The molecule has 0 aliphatic carbocycles. The van der Waals surface area contributed by atoms with Gasteiger partial charge in [-0.3, -0.25) is 14.5 Å². The maximum absolute atomic E-state index is 13.9. The van der Waals surface area contributed by atoms with Gasteiger partial charge >= 0.3 is 6.18 Å². The number of aromatic nitrogens is 1. The summed E-state index contributed by atoms with van der Waals surface area (Å²) in [6.07, 6.45) is -3.83. The molecule has 0 unspecified atom stereocenters. The Hall–Kier alpha value is -3.24. The molecule has 1 amide bonds. The molecule has 2 aromatic carbocycles. The lowest BCUT2D eigenvalue weighted by Gasteiger charge is -2.40. The fraction of sp³-hybridized carbons (Fsp3) is 0.360. The van der Waals surface area contributed by atoms with Gasteiger partial charge < -0.3 is 15.0 Å². The van der Waals surface area contributed by atoms with Crippen LogP contribution in [0.3, 0.4) is 0 Å². The van der Waals surface area contributed by atoms with Crippen LogP contribution < -0.4 is 10.9 Å². The van der Waals surface area contributed by atoms with Gasteiger partial charge in [0, 0.05) is 42.6 Å². The Balaban J connectivity index is 1.54. The largest absolute Gasteiger partial charge is 0.419 e. The summed E-state index contributed by atoms with van der Waals surface area (Å²) in [4.78, 5) is 27.8. The molecule has 0 saturated carbocycles. The van der Waals surface area contributed by atoms with E-state index in [1.807, 2.05) is 6.92 Å². The molecule has 0 bridgehead atoms. The molecule has 0 radical (unpaired) electrons. The lowest BCUT2D eigenvalue weighted by atomic mass is 10.0. The Labute approximate surface area is 198 Å². The lowest BCUT2D eigenvalue weighted by Crippen LogP contribution is -2.55. The van der Waals surface area contributed by atoms with Crippen LogP contribution in [0.5, 0.6) is 0 Å². The van der Waals surface area contributed by atoms with Crippen molar-refractivity contribution in [1.29, 1.82) is 0 Å². The fourth-order valence-corrected chi connectivity index (χ4v) is 4.30. The van der Waals surface area contributed by atoms with Crippen LogP contribution in [0, 0.1) is 12.7 Å². The number of hydrogen-bond donors (Lipinski definition) is 2. The molecule has 2 N–H and O–H groups in total. The number of aliphatic hydroxyl groups is 1. The second kappa shape index (κ2) is 9.43. The molecule has 35 heavy (non-hydrogen) atoms. The molecule has 1 atom stereocenters. The highest BCUT2D eigenvalue weighted by Crippen LogP contribution is 2.32. The average Bonchev–Trinajstić information content (AvgIpc) is 2.74. The third-order valence-electron chi connectivity index (χ3n) is 6.31. The average molecular weight is 491 g/mol. The first-order valence-electron chi connectivity index (χ1n) is 11.1. The third kappa shape index (κ3) is 5.23. The number of β-amino-alcohol motifs (C(OH)–C–C–N with tert-alkyl or cyclic N) is 1. The molecule has 6 nitrogen and oxygen atoms in total. The zero-order chi connectivity index (χ0) is 25.5. The Morgan fingerprint density at radius 3 is 2.51 bits per heavy atom. The first-order chi connectivity index (χ1) is 16.4. The molecule has 10 heteroatoms. The highest BCUT2D eigenvalue weighted by atomic mass is 19.4. The first kappa shape index (κ1) is 24.9. The van der Waals surface area contributed by atoms with Crippen molar-refractivity contribution >= 4 is 22.4 Å². The summed E-state index contributed by atoms with van der Waals surface area (Å²) in [6, 6.07) is 7.56. The highest BCUT2D eigenvalue weighted by Gasteiger charge is 2.34. The molecule has 1 aromatic heterocycles. The van der Waals surface area contributed by atoms with Crippen LogP contribution in [-0.4, -0.2) is 45.7 Å². The van der Waals surface area contributed by atoms with E-state index in [1.54, 1.807) is 35.9 Å². The predicted octanol–water partition coefficient (Wildman–Crippen LogP) is 3.71. The summed E-state index contributed by atoms with van der Waals surface area (Å²) >= 11 is 0. The van der Waals surface area contributed by atoms with Crippen molar-refractivity contribution in [2.45, 2.75) is 45.1 Å². The molecule has 3 aromatic rings. The first-order valence-corrected chi connectivity index (χ1v) is 11.1. The number of benzene rings is 2. The van der Waals surface area contributed by atoms with Gasteiger partial charge in [0.05, 0.1) is 23.8 Å². The molecule has 1 aliphatic rings. The molecule has 186 valence electrons. The van der Waals surface area contributed by atoms with Crippen molar-refractivity contribution in [3.8, 4) is 0 Å². The number of rotatable bonds is 6. The van der Waals surface area contributed by atoms with E-state index in [0.717, 1.165) is 6.07 Å². The van der Waals surface area contributed by atoms with Gasteiger partial charge in [0.15, 0.2) is 0 Å². The van der Waals surface area contributed by atoms with E-state index >= 15 is 0 Å². The van der Waals surface area contributed by atoms with Gasteiger partial charge in [0.1, 0.15) is 5.82 Å². The molecule has 1 fully saturated rings. The number of amides is 1. The number of carbonyl (C=O) groups is 1. The number of nitrogens with zero attached hydrogens (tertiary/aromatic N) is 2. The zero-order valence-electron chi connectivity index (χ0n) is 19.2. The number of nitrogens with one attached hydrogen (secondary N) is 1. The van der Waals surface area contributed by atoms with Crippen LogP contribution in [0.25, 0.3) is 10.8 Å². The van der Waals surface area contributed by atoms with Gasteiger partial charge in [-0.15, -0.1) is 0 Å². The van der Waals surface area contributed by atoms with E-state index in [4.69, 9.17) is 0 Å². The smallest absolute Gasteiger partial charge is 0.390 e. The van der Waals surface area contributed by atoms with E-state index in [-0.39, 0.29) is 29.7 Å². The van der Waals surface area contributed by atoms with Gasteiger partial charge in [-0.1, -0.05) is 12.1 Å². The number of likely N-dealkylation sites (tertiary alicyclic amines) is 1. The second-order valence-electron chi connectivity index (χ2n) is 8.99. The third-order valence-corrected chi connectivity index (χ3v) is 6.31. The number of halogens is 4. The van der Waals surface area contributed by atoms with Gasteiger partial charge in [0.2, 0.25) is 5.91 Å². The monoisotopic (exact) mass is 491 g/mol. The topological polar surface area (TPSA) is 74.6 Å². The number of carbonyl (C=O) groups excluding carboxylic acids is 1. The molecule has 0 spiro atoms. The summed E-state index contributed by atoms with van der Waals surface area (Å²) in [5.74, 6) is -1.99. The predicted molar refractivity (Wildman–Crippen MR) is 124 cm³/mol. The maximum atomic E-state index is 13.9. The van der Waals surface area contributed by atoms with Crippen LogP contribution in [0.4, 0.5) is 23.2 Å². The van der Waals surface area contributed by atoms with E-state index in [0.29, 0.717) is 53.8 Å². The van der Waals surface area contributed by atoms with Gasteiger partial charge in [-0.25, -0.2) is 4.39 Å². The van der Waals surface area contributed by atoms with Crippen molar-refractivity contribution < 1.29 is 27.5 Å². The van der Waals surface area contributed by atoms with Crippen molar-refractivity contribution in [2.24, 2.45) is 0 Å². The van der Waals surface area contributed by atoms with Crippen molar-refractivity contribution in [2.75, 3.05) is 18.4 Å². The molecule has 1 aliphatic heterocycles. The van der Waals surface area contributed by atoms with E-state index in [2.05, 4.69) is 10.2 Å². The van der Waals surface area contributed by atoms with Crippen molar-refractivity contribution in [1.82, 2.24) is 9.47 Å². The lowest BCUT2D eigenvalue weighted by molar-refractivity contribution is -0.140. The number of hydrogen-bond acceptors (Lipinski definition) is 4. The summed E-state index contributed by atoms with van der Waals surface area (Å²) in [5, 5.41) is 13.2. The number of alkyl halides is 3. The molecular formula is C25H25F4N3O3. The number of aryl methyl sites for hydroxylation is 1. The molecular weight excluding hydrogens is 466 g/mol. The van der Waals surface area contributed by atoms with Crippen molar-refractivity contribution in [3.05, 3.63) is 75.5 Å². The van der Waals surface area contributed by atoms with Crippen molar-refractivity contribution in [3.63, 3.8) is 0 Å². The van der Waals surface area contributed by atoms with Crippen LogP contribution in [0.15, 0.2) is 47.4 Å². The summed E-state index contributed by atoms with van der Waals surface area (Å²) < 4.78 is 53.8. The van der Waals surface area contributed by atoms with Crippen LogP contribution in [0.2, 0.25) is 0 Å². The molecule has 2 heterocycles. The minimum atomic E-state index is -4.81. The SMILES string of the molecule is Cc1ccc2c(=O)n(C[C@@H](C)N3CC(O)C3)ccc2c1NC(=O)Cc1ccc(C(F)(F)F)c(F)c1. The van der Waals surface area contributed by atoms with Crippen LogP contribution in [0.1, 0.15) is 23.6 Å². The van der Waals surface area contributed by atoms with Gasteiger partial charge in [0.25, 0.3) is 5.56 Å². The highest BCUT2D eigenvalue weighted by molar-refractivity contribution is 6.03. The minimum Gasteiger partial charge on any atom is -0.390 e. The number of aliphatic hydroxyl groups excluding tert-OH is 1. The second-order valence-corrected chi connectivity index (χ2v) is 8.99. The van der Waals surface area contributed by atoms with Crippen LogP contribution >= 0.6 is 0 Å². The summed E-state index contributed by atoms with van der Waals surface area (Å²) in [5.41, 5.74) is -0.399. The van der Waals surface area contributed by atoms with E-state index in [9.17, 15) is 32.3 Å². The van der Waals surface area contributed by atoms with Crippen LogP contribution in [-0.2, 0) is 23.9 Å². The summed E-state index contributed by atoms with van der Waals surface area (Å²) in [6.45, 7) is 5.32. The number of pyridine rings is 1. The number of anilines is 1. The van der Waals surface area contributed by atoms with Gasteiger partial charge in [-0.2, -0.15) is 13.2 Å². The standard InChI is InChI=1S/C25H25F4N3O3/c1-14-3-5-19-18(7-8-31(24(19)35)11-15(2)32-12-17(33)13-32)23(14)30-22(34)10-16-4-6-20(21(26)9-16)25(27,28)29/h3-9,15,17,33H,10-13H2,1-2H3,(H,30,34)/t15-/m1/s1. The maximum Gasteiger partial charge on any atom is 0.419 e. The Morgan fingerprint density at radius 2 is 1.89 bits per heavy atom. The normalized spacial score (nSPS) is 15.7. The van der Waals surface area contributed by atoms with E-state index < -0.39 is 23.5 Å². The molecule has 1 saturated heterocycles. The fourth-order valence-electron chi connectivity index (χ4n) is 4.30. The number of fused-ring (bicyclic) bond motifs is 1. The Kier molecular flexibility index (Phi) is 6.70. The molecule has 4 rings (SSSR count). The van der Waals surface area contributed by atoms with Gasteiger partial charge in [-0.05, 0) is 49.2 Å². The quantitative estimate of drug-likeness (QED) is 0.516. The zero-order valence-corrected chi connectivity index (χ0v) is 19.2. The Morgan fingerprint density at radius 1 is 1.17 bits per heavy atom.